The number of carbonyl (C=O) groups excluding carboxylic acids is 2. The monoisotopic (exact) mass is 232 g/mol. The Bertz CT molecular complexity index is 476. The molecule has 0 spiro atoms. The molecule has 0 aromatic carbocycles. The van der Waals surface area contributed by atoms with Gasteiger partial charge in [-0.25, -0.2) is 0 Å². The smallest absolute Gasteiger partial charge is 0.220 e. The molecule has 1 fully saturated rings. The standard InChI is InChI=1S/C13H16N2O2/c16-12-3-1-2-11-10(12)6-7-15(11)8-9-4-5-13(17)14-9/h6-7,9H,1-5,8H2,(H,14,17). The predicted octanol–water partition coefficient (Wildman–Crippen LogP) is 1.29. The third kappa shape index (κ3) is 1.88. The van der Waals surface area contributed by atoms with Gasteiger partial charge >= 0.3 is 0 Å². The Morgan fingerprint density at radius 2 is 2.18 bits per heavy atom. The summed E-state index contributed by atoms with van der Waals surface area (Å²) in [6.07, 6.45) is 6.13. The molecule has 0 bridgehead atoms. The predicted molar refractivity (Wildman–Crippen MR) is 62.9 cm³/mol. The normalized spacial score (nSPS) is 23.6. The fraction of sp³-hybridized carbons (Fsp3) is 0.538. The van der Waals surface area contributed by atoms with Crippen LogP contribution in [0.15, 0.2) is 12.3 Å². The van der Waals surface area contributed by atoms with Crippen LogP contribution in [0.5, 0.6) is 0 Å². The molecule has 1 aromatic heterocycles. The van der Waals surface area contributed by atoms with Crippen LogP contribution in [0.25, 0.3) is 0 Å². The van der Waals surface area contributed by atoms with Crippen LogP contribution in [0.4, 0.5) is 0 Å². The van der Waals surface area contributed by atoms with E-state index < -0.39 is 0 Å². The zero-order chi connectivity index (χ0) is 11.8. The number of Topliss-reactive ketones (excluding diaryl/α,β-unsaturated/α-hetero) is 1. The molecule has 1 aliphatic heterocycles. The number of nitrogens with zero attached hydrogens (tertiary/aromatic N) is 1. The summed E-state index contributed by atoms with van der Waals surface area (Å²) in [5, 5.41) is 2.97. The molecule has 4 nitrogen and oxygen atoms in total. The maximum atomic E-state index is 11.7. The molecule has 1 aromatic rings. The van der Waals surface area contributed by atoms with E-state index in [0.717, 1.165) is 37.1 Å². The summed E-state index contributed by atoms with van der Waals surface area (Å²) in [5.41, 5.74) is 2.04. The third-order valence-corrected chi connectivity index (χ3v) is 3.70. The Morgan fingerprint density at radius 1 is 1.29 bits per heavy atom. The first-order valence-electron chi connectivity index (χ1n) is 6.24. The summed E-state index contributed by atoms with van der Waals surface area (Å²) >= 11 is 0. The summed E-state index contributed by atoms with van der Waals surface area (Å²) in [6.45, 7) is 0.800. The lowest BCUT2D eigenvalue weighted by Gasteiger charge is -2.17. The Morgan fingerprint density at radius 3 is 2.94 bits per heavy atom. The van der Waals surface area contributed by atoms with Crippen molar-refractivity contribution < 1.29 is 9.59 Å². The van der Waals surface area contributed by atoms with Gasteiger partial charge < -0.3 is 9.88 Å². The topological polar surface area (TPSA) is 51.1 Å². The summed E-state index contributed by atoms with van der Waals surface area (Å²) in [4.78, 5) is 22.9. The van der Waals surface area contributed by atoms with Crippen molar-refractivity contribution in [1.29, 1.82) is 0 Å². The van der Waals surface area contributed by atoms with Gasteiger partial charge in [-0.2, -0.15) is 0 Å². The van der Waals surface area contributed by atoms with Gasteiger partial charge in [0.2, 0.25) is 5.91 Å². The number of hydrogen-bond acceptors (Lipinski definition) is 2. The van der Waals surface area contributed by atoms with Crippen LogP contribution in [0.1, 0.15) is 41.7 Å². The minimum atomic E-state index is 0.145. The molecule has 1 unspecified atom stereocenters. The van der Waals surface area contributed by atoms with Crippen LogP contribution in [-0.2, 0) is 17.8 Å². The van der Waals surface area contributed by atoms with Crippen LogP contribution < -0.4 is 5.32 Å². The van der Waals surface area contributed by atoms with Crippen LogP contribution in [-0.4, -0.2) is 22.3 Å². The lowest BCUT2D eigenvalue weighted by molar-refractivity contribution is -0.119. The van der Waals surface area contributed by atoms with E-state index in [1.807, 2.05) is 12.3 Å². The average Bonchev–Trinajstić information content (AvgIpc) is 2.88. The number of fused-ring (bicyclic) bond motifs is 1. The largest absolute Gasteiger partial charge is 0.352 e. The molecule has 1 atom stereocenters. The van der Waals surface area contributed by atoms with Gasteiger partial charge in [0.15, 0.2) is 5.78 Å². The van der Waals surface area contributed by atoms with E-state index in [-0.39, 0.29) is 17.7 Å². The molecular formula is C13H16N2O2. The van der Waals surface area contributed by atoms with Crippen molar-refractivity contribution in [1.82, 2.24) is 9.88 Å². The van der Waals surface area contributed by atoms with Gasteiger partial charge in [-0.3, -0.25) is 9.59 Å². The lowest BCUT2D eigenvalue weighted by atomic mass is 9.97. The summed E-state index contributed by atoms with van der Waals surface area (Å²) in [6, 6.07) is 2.16. The maximum Gasteiger partial charge on any atom is 0.220 e. The van der Waals surface area contributed by atoms with Gasteiger partial charge in [0.25, 0.3) is 0 Å². The van der Waals surface area contributed by atoms with Crippen LogP contribution in [0.2, 0.25) is 0 Å². The van der Waals surface area contributed by atoms with E-state index in [1.54, 1.807) is 0 Å². The number of aromatic nitrogens is 1. The summed E-state index contributed by atoms with van der Waals surface area (Å²) in [5.74, 6) is 0.410. The molecule has 1 saturated heterocycles. The Balaban J connectivity index is 1.80. The highest BCUT2D eigenvalue weighted by Crippen LogP contribution is 2.23. The minimum Gasteiger partial charge on any atom is -0.352 e. The second-order valence-corrected chi connectivity index (χ2v) is 4.91. The molecule has 3 rings (SSSR count). The average molecular weight is 232 g/mol. The molecule has 0 saturated carbocycles. The van der Waals surface area contributed by atoms with Crippen molar-refractivity contribution in [3.63, 3.8) is 0 Å². The SMILES string of the molecule is O=C1CCC(Cn2ccc3c2CCCC3=O)N1. The van der Waals surface area contributed by atoms with Gasteiger partial charge in [-0.1, -0.05) is 0 Å². The van der Waals surface area contributed by atoms with Crippen molar-refractivity contribution in [3.8, 4) is 0 Å². The first kappa shape index (κ1) is 10.6. The Labute approximate surface area is 100.0 Å². The van der Waals surface area contributed by atoms with Gasteiger partial charge in [0.1, 0.15) is 0 Å². The Kier molecular flexibility index (Phi) is 2.50. The van der Waals surface area contributed by atoms with Crippen molar-refractivity contribution in [2.45, 2.75) is 44.7 Å². The molecule has 17 heavy (non-hydrogen) atoms. The maximum absolute atomic E-state index is 11.7. The van der Waals surface area contributed by atoms with E-state index in [2.05, 4.69) is 9.88 Å². The number of rotatable bonds is 2. The van der Waals surface area contributed by atoms with Gasteiger partial charge in [0.05, 0.1) is 0 Å². The fourth-order valence-electron chi connectivity index (χ4n) is 2.81. The van der Waals surface area contributed by atoms with Crippen LogP contribution in [0, 0.1) is 0 Å². The van der Waals surface area contributed by atoms with E-state index >= 15 is 0 Å². The highest BCUT2D eigenvalue weighted by Gasteiger charge is 2.24. The highest BCUT2D eigenvalue weighted by atomic mass is 16.2. The molecule has 0 radical (unpaired) electrons. The molecular weight excluding hydrogens is 216 g/mol. The van der Waals surface area contributed by atoms with Gasteiger partial charge in [-0.15, -0.1) is 0 Å². The molecule has 1 aliphatic carbocycles. The summed E-state index contributed by atoms with van der Waals surface area (Å²) in [7, 11) is 0. The fourth-order valence-corrected chi connectivity index (χ4v) is 2.81. The van der Waals surface area contributed by atoms with Crippen molar-refractivity contribution >= 4 is 11.7 Å². The number of nitrogens with one attached hydrogen (secondary N) is 1. The first-order chi connectivity index (χ1) is 8.24. The van der Waals surface area contributed by atoms with E-state index in [0.29, 0.717) is 12.8 Å². The molecule has 90 valence electrons. The van der Waals surface area contributed by atoms with Crippen LogP contribution in [0.3, 0.4) is 0 Å². The van der Waals surface area contributed by atoms with Gasteiger partial charge in [-0.05, 0) is 25.3 Å². The van der Waals surface area contributed by atoms with E-state index in [9.17, 15) is 9.59 Å². The van der Waals surface area contributed by atoms with Gasteiger partial charge in [0, 0.05) is 42.9 Å². The third-order valence-electron chi connectivity index (χ3n) is 3.70. The zero-order valence-electron chi connectivity index (χ0n) is 9.74. The molecule has 4 heteroatoms. The first-order valence-corrected chi connectivity index (χ1v) is 6.24. The highest BCUT2D eigenvalue weighted by molar-refractivity contribution is 5.98. The molecule has 2 aliphatic rings. The second-order valence-electron chi connectivity index (χ2n) is 4.91. The van der Waals surface area contributed by atoms with Crippen molar-refractivity contribution in [3.05, 3.63) is 23.5 Å². The molecule has 2 heterocycles. The number of amides is 1. The van der Waals surface area contributed by atoms with Crippen molar-refractivity contribution in [2.24, 2.45) is 0 Å². The number of ketones is 1. The minimum absolute atomic E-state index is 0.145. The quantitative estimate of drug-likeness (QED) is 0.835. The number of hydrogen-bond donors (Lipinski definition) is 1. The Hall–Kier alpha value is -1.58. The van der Waals surface area contributed by atoms with E-state index in [1.165, 1.54) is 0 Å². The molecule has 1 N–H and O–H groups in total. The summed E-state index contributed by atoms with van der Waals surface area (Å²) < 4.78 is 2.14. The molecule has 1 amide bonds. The van der Waals surface area contributed by atoms with Crippen LogP contribution >= 0.6 is 0 Å². The lowest BCUT2D eigenvalue weighted by Crippen LogP contribution is -2.30. The zero-order valence-corrected chi connectivity index (χ0v) is 9.74. The second kappa shape index (κ2) is 4.02. The van der Waals surface area contributed by atoms with E-state index in [4.69, 9.17) is 0 Å². The number of carbonyl (C=O) groups is 2. The van der Waals surface area contributed by atoms with Crippen molar-refractivity contribution in [2.75, 3.05) is 0 Å².